The summed E-state index contributed by atoms with van der Waals surface area (Å²) in [6.45, 7) is 3.91. The highest BCUT2D eigenvalue weighted by atomic mass is 16.5. The highest BCUT2D eigenvalue weighted by Gasteiger charge is 2.15. The van der Waals surface area contributed by atoms with E-state index in [2.05, 4.69) is 60.0 Å². The first-order valence-electron chi connectivity index (χ1n) is 13.6. The van der Waals surface area contributed by atoms with Crippen molar-refractivity contribution in [2.45, 2.75) is 32.0 Å². The Morgan fingerprint density at radius 3 is 1.41 bits per heavy atom. The van der Waals surface area contributed by atoms with Crippen molar-refractivity contribution in [1.29, 1.82) is 0 Å². The summed E-state index contributed by atoms with van der Waals surface area (Å²) in [5.74, 6) is 2.50. The molecule has 0 radical (unpaired) electrons. The summed E-state index contributed by atoms with van der Waals surface area (Å²) in [5, 5.41) is 6.36. The zero-order valence-electron chi connectivity index (χ0n) is 23.6. The first kappa shape index (κ1) is 29.8. The van der Waals surface area contributed by atoms with E-state index in [4.69, 9.17) is 14.2 Å². The fourth-order valence-electron chi connectivity index (χ4n) is 4.18. The molecule has 2 atom stereocenters. The van der Waals surface area contributed by atoms with Gasteiger partial charge in [0.25, 0.3) is 0 Å². The van der Waals surface area contributed by atoms with Gasteiger partial charge in [-0.15, -0.1) is 0 Å². The predicted octanol–water partition coefficient (Wildman–Crippen LogP) is 7.15. The molecule has 4 aromatic rings. The molecule has 0 heterocycles. The van der Waals surface area contributed by atoms with Crippen LogP contribution in [0, 0.1) is 6.92 Å². The van der Waals surface area contributed by atoms with Crippen molar-refractivity contribution in [2.24, 2.45) is 0 Å². The van der Waals surface area contributed by atoms with E-state index in [1.165, 1.54) is 16.7 Å². The molecular formula is C34H42N2O3. The van der Waals surface area contributed by atoms with Crippen molar-refractivity contribution in [3.8, 4) is 17.2 Å². The third kappa shape index (κ3) is 9.78. The second-order valence-corrected chi connectivity index (χ2v) is 9.24. The average molecular weight is 527 g/mol. The Labute approximate surface area is 234 Å². The van der Waals surface area contributed by atoms with E-state index in [0.29, 0.717) is 0 Å². The highest BCUT2D eigenvalue weighted by molar-refractivity contribution is 5.40. The fourth-order valence-corrected chi connectivity index (χ4v) is 4.18. The van der Waals surface area contributed by atoms with Crippen LogP contribution in [0.25, 0.3) is 0 Å². The molecule has 0 bridgehead atoms. The van der Waals surface area contributed by atoms with E-state index in [-0.39, 0.29) is 12.2 Å². The molecule has 5 heteroatoms. The van der Waals surface area contributed by atoms with E-state index >= 15 is 0 Å². The molecule has 206 valence electrons. The number of aryl methyl sites for hydroxylation is 1. The van der Waals surface area contributed by atoms with Crippen molar-refractivity contribution < 1.29 is 14.2 Å². The molecule has 0 aliphatic rings. The van der Waals surface area contributed by atoms with Gasteiger partial charge in [-0.25, -0.2) is 0 Å². The van der Waals surface area contributed by atoms with E-state index < -0.39 is 0 Å². The lowest BCUT2D eigenvalue weighted by Gasteiger charge is -2.21. The van der Waals surface area contributed by atoms with Crippen molar-refractivity contribution in [2.75, 3.05) is 34.3 Å². The van der Waals surface area contributed by atoms with Crippen LogP contribution < -0.4 is 24.8 Å². The van der Waals surface area contributed by atoms with Crippen LogP contribution in [-0.2, 0) is 0 Å². The van der Waals surface area contributed by atoms with Gasteiger partial charge in [0.15, 0.2) is 11.5 Å². The Balaban J connectivity index is 0.000000216. The maximum absolute atomic E-state index is 6.19. The molecule has 0 aliphatic carbocycles. The molecule has 0 fully saturated rings. The molecule has 2 N–H and O–H groups in total. The topological polar surface area (TPSA) is 51.8 Å². The summed E-state index contributed by atoms with van der Waals surface area (Å²) >= 11 is 0. The highest BCUT2D eigenvalue weighted by Crippen LogP contribution is 2.32. The number of rotatable bonds is 13. The Hall–Kier alpha value is -3.80. The number of ether oxygens (including phenoxy) is 3. The number of hydrogen-bond donors (Lipinski definition) is 2. The van der Waals surface area contributed by atoms with E-state index in [9.17, 15) is 0 Å². The van der Waals surface area contributed by atoms with E-state index in [1.807, 2.05) is 80.8 Å². The van der Waals surface area contributed by atoms with E-state index in [1.54, 1.807) is 7.11 Å². The van der Waals surface area contributed by atoms with Crippen molar-refractivity contribution in [1.82, 2.24) is 10.6 Å². The van der Waals surface area contributed by atoms with Crippen LogP contribution in [0.4, 0.5) is 0 Å². The lowest BCUT2D eigenvalue weighted by molar-refractivity contribution is 0.187. The average Bonchev–Trinajstić information content (AvgIpc) is 2.99. The largest absolute Gasteiger partial charge is 0.493 e. The zero-order chi connectivity index (χ0) is 27.7. The Kier molecular flexibility index (Phi) is 12.9. The number of para-hydroxylation sites is 3. The van der Waals surface area contributed by atoms with Gasteiger partial charge >= 0.3 is 0 Å². The molecule has 4 aromatic carbocycles. The monoisotopic (exact) mass is 526 g/mol. The quantitative estimate of drug-likeness (QED) is 0.194. The Morgan fingerprint density at radius 1 is 0.538 bits per heavy atom. The lowest BCUT2D eigenvalue weighted by atomic mass is 10.1. The second kappa shape index (κ2) is 16.9. The molecule has 0 saturated heterocycles. The van der Waals surface area contributed by atoms with Gasteiger partial charge in [0, 0.05) is 12.8 Å². The third-order valence-corrected chi connectivity index (χ3v) is 6.36. The first-order chi connectivity index (χ1) is 19.2. The van der Waals surface area contributed by atoms with Crippen LogP contribution >= 0.6 is 0 Å². The summed E-state index contributed by atoms with van der Waals surface area (Å²) in [7, 11) is 5.58. The maximum Gasteiger partial charge on any atom is 0.162 e. The van der Waals surface area contributed by atoms with Crippen LogP contribution in [0.15, 0.2) is 109 Å². The third-order valence-electron chi connectivity index (χ3n) is 6.36. The van der Waals surface area contributed by atoms with Crippen molar-refractivity contribution in [3.05, 3.63) is 126 Å². The van der Waals surface area contributed by atoms with Crippen LogP contribution in [0.1, 0.15) is 41.7 Å². The van der Waals surface area contributed by atoms with Crippen LogP contribution in [0.5, 0.6) is 17.2 Å². The predicted molar refractivity (Wildman–Crippen MR) is 161 cm³/mol. The first-order valence-corrected chi connectivity index (χ1v) is 13.6. The number of nitrogens with one attached hydrogen (secondary N) is 2. The summed E-state index contributed by atoms with van der Waals surface area (Å²) in [5.41, 5.74) is 3.57. The van der Waals surface area contributed by atoms with Crippen LogP contribution in [-0.4, -0.2) is 34.3 Å². The summed E-state index contributed by atoms with van der Waals surface area (Å²) in [4.78, 5) is 0. The van der Waals surface area contributed by atoms with Crippen LogP contribution in [0.2, 0.25) is 0 Å². The van der Waals surface area contributed by atoms with E-state index in [0.717, 1.165) is 43.2 Å². The molecule has 1 unspecified atom stereocenters. The molecule has 0 amide bonds. The molecular weight excluding hydrogens is 484 g/mol. The van der Waals surface area contributed by atoms with Crippen LogP contribution in [0.3, 0.4) is 0 Å². The Bertz CT molecular complexity index is 1200. The van der Waals surface area contributed by atoms with Gasteiger partial charge in [-0.2, -0.15) is 0 Å². The maximum atomic E-state index is 6.19. The lowest BCUT2D eigenvalue weighted by Crippen LogP contribution is -2.16. The minimum absolute atomic E-state index is 0.0138. The van der Waals surface area contributed by atoms with Crippen molar-refractivity contribution >= 4 is 0 Å². The number of benzene rings is 4. The van der Waals surface area contributed by atoms with Gasteiger partial charge in [0.05, 0.1) is 7.11 Å². The second-order valence-electron chi connectivity index (χ2n) is 9.24. The van der Waals surface area contributed by atoms with Gasteiger partial charge in [-0.1, -0.05) is 91.0 Å². The molecule has 0 aliphatic heterocycles. The summed E-state index contributed by atoms with van der Waals surface area (Å²) in [6.07, 6.45) is 1.96. The summed E-state index contributed by atoms with van der Waals surface area (Å²) < 4.78 is 17.7. The minimum atomic E-state index is 0.0138. The number of methoxy groups -OCH3 is 1. The molecule has 4 rings (SSSR count). The Morgan fingerprint density at radius 2 is 0.949 bits per heavy atom. The van der Waals surface area contributed by atoms with Gasteiger partial charge in [-0.05, 0) is 69.0 Å². The SMILES string of the molecule is CNCCC(Oc1ccccc1OC)c1ccccc1.CNCC[C@@H](Oc1ccccc1C)c1ccccc1. The smallest absolute Gasteiger partial charge is 0.162 e. The summed E-state index contributed by atoms with van der Waals surface area (Å²) in [6, 6.07) is 36.6. The van der Waals surface area contributed by atoms with Crippen molar-refractivity contribution in [3.63, 3.8) is 0 Å². The number of hydrogen-bond acceptors (Lipinski definition) is 5. The van der Waals surface area contributed by atoms with Gasteiger partial charge in [-0.3, -0.25) is 0 Å². The minimum Gasteiger partial charge on any atom is -0.493 e. The molecule has 0 spiro atoms. The molecule has 0 saturated carbocycles. The molecule has 39 heavy (non-hydrogen) atoms. The van der Waals surface area contributed by atoms with Gasteiger partial charge in [0.2, 0.25) is 0 Å². The van der Waals surface area contributed by atoms with Gasteiger partial charge < -0.3 is 24.8 Å². The standard InChI is InChI=1S/C17H21NO2.C17H21NO/c1-18-13-12-15(14-8-4-3-5-9-14)20-17-11-7-6-10-16(17)19-2;1-14-8-6-7-11-16(14)19-17(12-13-18-2)15-9-4-3-5-10-15/h3-11,15,18H,12-13H2,1-2H3;3-11,17-18H,12-13H2,1-2H3/t;17-/m.1/s1. The normalized spacial score (nSPS) is 12.0. The molecule has 5 nitrogen and oxygen atoms in total. The zero-order valence-corrected chi connectivity index (χ0v) is 23.6. The van der Waals surface area contributed by atoms with Gasteiger partial charge in [0.1, 0.15) is 18.0 Å². The molecule has 0 aromatic heterocycles. The fraction of sp³-hybridized carbons (Fsp3) is 0.294.